The molecule has 0 aliphatic carbocycles. The number of pyridine rings is 1. The van der Waals surface area contributed by atoms with Gasteiger partial charge in [0.15, 0.2) is 0 Å². The quantitative estimate of drug-likeness (QED) is 0.936. The molecule has 0 saturated carbocycles. The van der Waals surface area contributed by atoms with Crippen molar-refractivity contribution in [3.63, 3.8) is 0 Å². The van der Waals surface area contributed by atoms with Gasteiger partial charge in [-0.1, -0.05) is 19.9 Å². The highest BCUT2D eigenvalue weighted by molar-refractivity contribution is 7.10. The molecule has 0 saturated heterocycles. The van der Waals surface area contributed by atoms with Crippen LogP contribution >= 0.6 is 11.3 Å². The molecule has 2 aromatic heterocycles. The number of thiophene rings is 1. The average molecular weight is 287 g/mol. The van der Waals surface area contributed by atoms with E-state index < -0.39 is 0 Å². The van der Waals surface area contributed by atoms with E-state index in [0.29, 0.717) is 6.04 Å². The predicted molar refractivity (Wildman–Crippen MR) is 85.3 cm³/mol. The smallest absolute Gasteiger partial charge is 0.128 e. The zero-order valence-corrected chi connectivity index (χ0v) is 12.9. The highest BCUT2D eigenvalue weighted by Gasteiger charge is 2.18. The van der Waals surface area contributed by atoms with Crippen LogP contribution in [0.2, 0.25) is 0 Å². The van der Waals surface area contributed by atoms with Crippen molar-refractivity contribution in [2.75, 3.05) is 11.4 Å². The number of hydrogen-bond acceptors (Lipinski definition) is 4. The molecular weight excluding hydrogens is 266 g/mol. The maximum atomic E-state index is 4.63. The lowest BCUT2D eigenvalue weighted by Gasteiger charge is -2.28. The molecule has 0 fully saturated rings. The maximum Gasteiger partial charge on any atom is 0.128 e. The van der Waals surface area contributed by atoms with E-state index in [1.165, 1.54) is 11.1 Å². The van der Waals surface area contributed by atoms with E-state index in [0.717, 1.165) is 31.9 Å². The third-order valence-electron chi connectivity index (χ3n) is 3.66. The molecule has 0 unspecified atom stereocenters. The van der Waals surface area contributed by atoms with E-state index in [1.54, 1.807) is 4.88 Å². The van der Waals surface area contributed by atoms with Crippen LogP contribution in [0.15, 0.2) is 29.8 Å². The van der Waals surface area contributed by atoms with Gasteiger partial charge in [0.25, 0.3) is 0 Å². The summed E-state index contributed by atoms with van der Waals surface area (Å²) >= 11 is 1.88. The van der Waals surface area contributed by atoms with E-state index >= 15 is 0 Å². The molecule has 3 rings (SSSR count). The van der Waals surface area contributed by atoms with Gasteiger partial charge in [0.05, 0.1) is 0 Å². The Morgan fingerprint density at radius 3 is 3.00 bits per heavy atom. The summed E-state index contributed by atoms with van der Waals surface area (Å²) in [5, 5.41) is 5.61. The standard InChI is InChI=1S/C16H21N3S/c1-12(2)17-9-13-3-4-16(18-10-13)19-7-5-15-14(11-19)6-8-20-15/h3-4,6,8,10,12,17H,5,7,9,11H2,1-2H3. The topological polar surface area (TPSA) is 28.2 Å². The Bertz CT molecular complexity index is 559. The van der Waals surface area contributed by atoms with Crippen molar-refractivity contribution < 1.29 is 0 Å². The number of aromatic nitrogens is 1. The fourth-order valence-corrected chi connectivity index (χ4v) is 3.36. The highest BCUT2D eigenvalue weighted by Crippen LogP contribution is 2.26. The Kier molecular flexibility index (Phi) is 4.03. The third kappa shape index (κ3) is 3.02. The van der Waals surface area contributed by atoms with Gasteiger partial charge < -0.3 is 10.2 Å². The summed E-state index contributed by atoms with van der Waals surface area (Å²) in [5.74, 6) is 1.09. The molecule has 3 heterocycles. The van der Waals surface area contributed by atoms with Crippen LogP contribution in [0.25, 0.3) is 0 Å². The van der Waals surface area contributed by atoms with Crippen LogP contribution in [0.5, 0.6) is 0 Å². The first-order chi connectivity index (χ1) is 9.72. The summed E-state index contributed by atoms with van der Waals surface area (Å²) < 4.78 is 0. The average Bonchev–Trinajstić information content (AvgIpc) is 2.93. The molecule has 0 atom stereocenters. The van der Waals surface area contributed by atoms with Gasteiger partial charge in [0, 0.05) is 36.8 Å². The lowest BCUT2D eigenvalue weighted by Crippen LogP contribution is -2.30. The number of nitrogens with one attached hydrogen (secondary N) is 1. The fraction of sp³-hybridized carbons (Fsp3) is 0.438. The van der Waals surface area contributed by atoms with Crippen LogP contribution in [0.3, 0.4) is 0 Å². The number of rotatable bonds is 4. The van der Waals surface area contributed by atoms with Gasteiger partial charge in [-0.2, -0.15) is 0 Å². The first-order valence-corrected chi connectivity index (χ1v) is 8.09. The van der Waals surface area contributed by atoms with Gasteiger partial charge in [-0.05, 0) is 35.1 Å². The molecule has 106 valence electrons. The fourth-order valence-electron chi connectivity index (χ4n) is 2.47. The predicted octanol–water partition coefficient (Wildman–Crippen LogP) is 3.20. The molecule has 0 amide bonds. The summed E-state index contributed by atoms with van der Waals surface area (Å²) in [4.78, 5) is 8.54. The molecule has 0 bridgehead atoms. The van der Waals surface area contributed by atoms with Gasteiger partial charge in [-0.25, -0.2) is 4.98 Å². The summed E-state index contributed by atoms with van der Waals surface area (Å²) in [6.45, 7) is 7.28. The van der Waals surface area contributed by atoms with Crippen LogP contribution in [0, 0.1) is 0 Å². The molecule has 3 nitrogen and oxygen atoms in total. The molecule has 0 spiro atoms. The number of nitrogens with zero attached hydrogens (tertiary/aromatic N) is 2. The van der Waals surface area contributed by atoms with Crippen molar-refractivity contribution in [3.8, 4) is 0 Å². The van der Waals surface area contributed by atoms with Crippen molar-refractivity contribution in [1.29, 1.82) is 0 Å². The van der Waals surface area contributed by atoms with E-state index in [9.17, 15) is 0 Å². The zero-order chi connectivity index (χ0) is 13.9. The third-order valence-corrected chi connectivity index (χ3v) is 4.68. The van der Waals surface area contributed by atoms with Crippen molar-refractivity contribution in [3.05, 3.63) is 45.8 Å². The lowest BCUT2D eigenvalue weighted by atomic mass is 10.1. The SMILES string of the molecule is CC(C)NCc1ccc(N2CCc3sccc3C2)nc1. The van der Waals surface area contributed by atoms with Crippen LogP contribution in [0.1, 0.15) is 29.9 Å². The first kappa shape index (κ1) is 13.6. The summed E-state index contributed by atoms with van der Waals surface area (Å²) in [7, 11) is 0. The molecule has 0 radical (unpaired) electrons. The second-order valence-corrected chi connectivity index (χ2v) is 6.60. The Hall–Kier alpha value is -1.39. The minimum atomic E-state index is 0.508. The van der Waals surface area contributed by atoms with Gasteiger partial charge in [-0.15, -0.1) is 11.3 Å². The van der Waals surface area contributed by atoms with E-state index in [4.69, 9.17) is 0 Å². The molecule has 20 heavy (non-hydrogen) atoms. The van der Waals surface area contributed by atoms with Gasteiger partial charge in [-0.3, -0.25) is 0 Å². The monoisotopic (exact) mass is 287 g/mol. The van der Waals surface area contributed by atoms with Crippen LogP contribution in [0.4, 0.5) is 5.82 Å². The van der Waals surface area contributed by atoms with E-state index in [-0.39, 0.29) is 0 Å². The normalized spacial score (nSPS) is 14.7. The van der Waals surface area contributed by atoms with Crippen LogP contribution < -0.4 is 10.2 Å². The number of fused-ring (bicyclic) bond motifs is 1. The summed E-state index contributed by atoms with van der Waals surface area (Å²) in [6, 6.07) is 7.08. The maximum absolute atomic E-state index is 4.63. The molecule has 1 aliphatic rings. The van der Waals surface area contributed by atoms with E-state index in [1.807, 2.05) is 17.5 Å². The lowest BCUT2D eigenvalue weighted by molar-refractivity contribution is 0.588. The second-order valence-electron chi connectivity index (χ2n) is 5.60. The van der Waals surface area contributed by atoms with E-state index in [2.05, 4.69) is 52.6 Å². The van der Waals surface area contributed by atoms with Crippen molar-refractivity contribution in [2.45, 2.75) is 39.4 Å². The molecule has 1 N–H and O–H groups in total. The minimum absolute atomic E-state index is 0.508. The van der Waals surface area contributed by atoms with Crippen molar-refractivity contribution in [2.24, 2.45) is 0 Å². The molecule has 1 aliphatic heterocycles. The molecule has 4 heteroatoms. The zero-order valence-electron chi connectivity index (χ0n) is 12.1. The largest absolute Gasteiger partial charge is 0.352 e. The van der Waals surface area contributed by atoms with Gasteiger partial charge >= 0.3 is 0 Å². The Balaban J connectivity index is 1.66. The molecule has 2 aromatic rings. The number of anilines is 1. The Morgan fingerprint density at radius 2 is 2.25 bits per heavy atom. The van der Waals surface area contributed by atoms with Gasteiger partial charge in [0.2, 0.25) is 0 Å². The first-order valence-electron chi connectivity index (χ1n) is 7.21. The minimum Gasteiger partial charge on any atom is -0.352 e. The Labute approximate surface area is 124 Å². The highest BCUT2D eigenvalue weighted by atomic mass is 32.1. The second kappa shape index (κ2) is 5.94. The van der Waals surface area contributed by atoms with Gasteiger partial charge in [0.1, 0.15) is 5.82 Å². The summed E-state index contributed by atoms with van der Waals surface area (Å²) in [6.07, 6.45) is 3.14. The molecular formula is C16H21N3S. The summed E-state index contributed by atoms with van der Waals surface area (Å²) in [5.41, 5.74) is 2.71. The van der Waals surface area contributed by atoms with Crippen molar-refractivity contribution >= 4 is 17.2 Å². The Morgan fingerprint density at radius 1 is 1.35 bits per heavy atom. The number of hydrogen-bond donors (Lipinski definition) is 1. The van der Waals surface area contributed by atoms with Crippen LogP contribution in [-0.2, 0) is 19.5 Å². The van der Waals surface area contributed by atoms with Crippen molar-refractivity contribution in [1.82, 2.24) is 10.3 Å². The van der Waals surface area contributed by atoms with Crippen LogP contribution in [-0.4, -0.2) is 17.6 Å². The molecule has 0 aromatic carbocycles.